The SMILES string of the molecule is N#Cc1nccn1CC(=O)c1ccc(Cl)cc1Cl. The van der Waals surface area contributed by atoms with Crippen LogP contribution in [0.3, 0.4) is 0 Å². The molecule has 0 aliphatic carbocycles. The number of ketones is 1. The van der Waals surface area contributed by atoms with Crippen molar-refractivity contribution in [2.45, 2.75) is 6.54 Å². The van der Waals surface area contributed by atoms with Crippen molar-refractivity contribution in [2.24, 2.45) is 0 Å². The zero-order chi connectivity index (χ0) is 13.1. The maximum atomic E-state index is 12.0. The topological polar surface area (TPSA) is 58.7 Å². The lowest BCUT2D eigenvalue weighted by Gasteiger charge is -2.05. The van der Waals surface area contributed by atoms with Crippen LogP contribution in [-0.4, -0.2) is 15.3 Å². The van der Waals surface area contributed by atoms with E-state index in [4.69, 9.17) is 28.5 Å². The first kappa shape index (κ1) is 12.6. The van der Waals surface area contributed by atoms with Crippen LogP contribution in [0.4, 0.5) is 0 Å². The first-order valence-corrected chi connectivity index (χ1v) is 5.77. The third kappa shape index (κ3) is 2.53. The number of carbonyl (C=O) groups is 1. The van der Waals surface area contributed by atoms with Gasteiger partial charge >= 0.3 is 0 Å². The Bertz CT molecular complexity index is 643. The van der Waals surface area contributed by atoms with Gasteiger partial charge in [-0.1, -0.05) is 23.2 Å². The normalized spacial score (nSPS) is 10.1. The van der Waals surface area contributed by atoms with Crippen LogP contribution in [0.5, 0.6) is 0 Å². The molecular weight excluding hydrogens is 273 g/mol. The minimum atomic E-state index is -0.203. The molecule has 2 rings (SSSR count). The Morgan fingerprint density at radius 1 is 1.44 bits per heavy atom. The number of rotatable bonds is 3. The molecule has 0 bridgehead atoms. The molecule has 0 spiro atoms. The minimum Gasteiger partial charge on any atom is -0.315 e. The summed E-state index contributed by atoms with van der Waals surface area (Å²) in [5, 5.41) is 9.56. The van der Waals surface area contributed by atoms with E-state index in [0.717, 1.165) is 0 Å². The molecule has 0 saturated carbocycles. The second kappa shape index (κ2) is 5.21. The molecule has 1 aromatic carbocycles. The molecule has 1 aromatic heterocycles. The summed E-state index contributed by atoms with van der Waals surface area (Å²) >= 11 is 11.7. The van der Waals surface area contributed by atoms with Crippen molar-refractivity contribution < 1.29 is 4.79 Å². The number of hydrogen-bond acceptors (Lipinski definition) is 3. The molecule has 6 heteroatoms. The van der Waals surface area contributed by atoms with Gasteiger partial charge in [0.25, 0.3) is 0 Å². The lowest BCUT2D eigenvalue weighted by atomic mass is 10.1. The summed E-state index contributed by atoms with van der Waals surface area (Å²) in [6, 6.07) is 6.57. The van der Waals surface area contributed by atoms with E-state index in [1.807, 2.05) is 6.07 Å². The van der Waals surface area contributed by atoms with Crippen LogP contribution in [0.2, 0.25) is 10.0 Å². The van der Waals surface area contributed by atoms with E-state index in [0.29, 0.717) is 15.6 Å². The van der Waals surface area contributed by atoms with Gasteiger partial charge in [0.05, 0.1) is 11.6 Å². The van der Waals surface area contributed by atoms with Crippen molar-refractivity contribution in [1.29, 1.82) is 5.26 Å². The molecular formula is C12H7Cl2N3O. The van der Waals surface area contributed by atoms with Gasteiger partial charge in [-0.25, -0.2) is 4.98 Å². The van der Waals surface area contributed by atoms with Gasteiger partial charge < -0.3 is 4.57 Å². The zero-order valence-corrected chi connectivity index (χ0v) is 10.6. The van der Waals surface area contributed by atoms with Crippen LogP contribution < -0.4 is 0 Å². The van der Waals surface area contributed by atoms with Gasteiger partial charge in [0.1, 0.15) is 6.07 Å². The first-order chi connectivity index (χ1) is 8.61. The molecule has 1 heterocycles. The van der Waals surface area contributed by atoms with Crippen molar-refractivity contribution in [2.75, 3.05) is 0 Å². The smallest absolute Gasteiger partial charge is 0.213 e. The Kier molecular flexibility index (Phi) is 3.66. The molecule has 0 saturated heterocycles. The summed E-state index contributed by atoms with van der Waals surface area (Å²) in [5.41, 5.74) is 0.374. The fourth-order valence-corrected chi connectivity index (χ4v) is 2.02. The lowest BCUT2D eigenvalue weighted by Crippen LogP contribution is -2.11. The highest BCUT2D eigenvalue weighted by Crippen LogP contribution is 2.21. The van der Waals surface area contributed by atoms with Crippen LogP contribution in [0.15, 0.2) is 30.6 Å². The highest BCUT2D eigenvalue weighted by atomic mass is 35.5. The Balaban J connectivity index is 2.25. The van der Waals surface area contributed by atoms with Crippen LogP contribution in [0, 0.1) is 11.3 Å². The molecule has 0 N–H and O–H groups in total. The number of nitrogens with zero attached hydrogens (tertiary/aromatic N) is 3. The summed E-state index contributed by atoms with van der Waals surface area (Å²) in [6.45, 7) is 0.0181. The molecule has 0 aliphatic rings. The van der Waals surface area contributed by atoms with E-state index in [9.17, 15) is 4.79 Å². The number of halogens is 2. The van der Waals surface area contributed by atoms with Crippen LogP contribution in [0.25, 0.3) is 0 Å². The van der Waals surface area contributed by atoms with Gasteiger partial charge in [0, 0.05) is 23.0 Å². The third-order valence-corrected chi connectivity index (χ3v) is 2.91. The number of benzene rings is 1. The Hall–Kier alpha value is -1.83. The average Bonchev–Trinajstić information content (AvgIpc) is 2.76. The highest BCUT2D eigenvalue weighted by Gasteiger charge is 2.13. The summed E-state index contributed by atoms with van der Waals surface area (Å²) in [6.07, 6.45) is 3.04. The molecule has 0 fully saturated rings. The summed E-state index contributed by atoms with van der Waals surface area (Å²) in [4.78, 5) is 15.8. The van der Waals surface area contributed by atoms with Crippen molar-refractivity contribution in [1.82, 2.24) is 9.55 Å². The highest BCUT2D eigenvalue weighted by molar-refractivity contribution is 6.36. The van der Waals surface area contributed by atoms with Crippen molar-refractivity contribution in [3.63, 3.8) is 0 Å². The molecule has 0 radical (unpaired) electrons. The van der Waals surface area contributed by atoms with Crippen molar-refractivity contribution >= 4 is 29.0 Å². The maximum Gasteiger partial charge on any atom is 0.213 e. The van der Waals surface area contributed by atoms with E-state index in [1.165, 1.54) is 16.8 Å². The Morgan fingerprint density at radius 2 is 2.22 bits per heavy atom. The third-order valence-electron chi connectivity index (χ3n) is 2.36. The van der Waals surface area contributed by atoms with Crippen LogP contribution in [-0.2, 0) is 6.54 Å². The molecule has 0 unspecified atom stereocenters. The van der Waals surface area contributed by atoms with Crippen LogP contribution in [0.1, 0.15) is 16.2 Å². The van der Waals surface area contributed by atoms with E-state index in [1.54, 1.807) is 18.3 Å². The lowest BCUT2D eigenvalue weighted by molar-refractivity contribution is 0.0972. The fourth-order valence-electron chi connectivity index (χ4n) is 1.51. The number of carbonyl (C=O) groups excluding carboxylic acids is 1. The minimum absolute atomic E-state index is 0.0181. The Morgan fingerprint density at radius 3 is 2.89 bits per heavy atom. The molecule has 0 amide bonds. The van der Waals surface area contributed by atoms with Gasteiger partial charge in [-0.3, -0.25) is 4.79 Å². The van der Waals surface area contributed by atoms with E-state index in [-0.39, 0.29) is 18.2 Å². The van der Waals surface area contributed by atoms with E-state index < -0.39 is 0 Å². The number of imidazole rings is 1. The van der Waals surface area contributed by atoms with Gasteiger partial charge in [-0.2, -0.15) is 5.26 Å². The molecule has 90 valence electrons. The van der Waals surface area contributed by atoms with Crippen molar-refractivity contribution in [3.05, 3.63) is 52.0 Å². The van der Waals surface area contributed by atoms with Gasteiger partial charge in [-0.15, -0.1) is 0 Å². The zero-order valence-electron chi connectivity index (χ0n) is 9.10. The standard InChI is InChI=1S/C12H7Cl2N3O/c13-8-1-2-9(10(14)5-8)11(18)7-17-4-3-16-12(17)6-15/h1-5H,7H2. The number of Topliss-reactive ketones (excluding diaryl/α,β-unsaturated/α-hetero) is 1. The monoisotopic (exact) mass is 279 g/mol. The molecule has 2 aromatic rings. The van der Waals surface area contributed by atoms with E-state index in [2.05, 4.69) is 4.98 Å². The molecule has 0 aliphatic heterocycles. The second-order valence-corrected chi connectivity index (χ2v) is 4.38. The van der Waals surface area contributed by atoms with Gasteiger partial charge in [-0.05, 0) is 18.2 Å². The quantitative estimate of drug-likeness (QED) is 0.812. The fraction of sp³-hybridized carbons (Fsp3) is 0.0833. The van der Waals surface area contributed by atoms with Gasteiger partial charge in [0.15, 0.2) is 5.78 Å². The molecule has 0 atom stereocenters. The summed E-state index contributed by atoms with van der Waals surface area (Å²) in [7, 11) is 0. The maximum absolute atomic E-state index is 12.0. The van der Waals surface area contributed by atoms with Crippen LogP contribution >= 0.6 is 23.2 Å². The Labute approximate surface area is 113 Å². The molecule has 18 heavy (non-hydrogen) atoms. The second-order valence-electron chi connectivity index (χ2n) is 3.54. The van der Waals surface area contributed by atoms with E-state index >= 15 is 0 Å². The average molecular weight is 280 g/mol. The van der Waals surface area contributed by atoms with Crippen molar-refractivity contribution in [3.8, 4) is 6.07 Å². The number of hydrogen-bond donors (Lipinski definition) is 0. The summed E-state index contributed by atoms with van der Waals surface area (Å²) < 4.78 is 1.47. The summed E-state index contributed by atoms with van der Waals surface area (Å²) in [5.74, 6) is -0.0143. The number of aromatic nitrogens is 2. The van der Waals surface area contributed by atoms with Gasteiger partial charge in [0.2, 0.25) is 5.82 Å². The number of nitriles is 1. The predicted molar refractivity (Wildman–Crippen MR) is 67.7 cm³/mol. The molecule has 4 nitrogen and oxygen atoms in total. The predicted octanol–water partition coefficient (Wildman–Crippen LogP) is 2.94. The largest absolute Gasteiger partial charge is 0.315 e. The first-order valence-electron chi connectivity index (χ1n) is 5.01.